The maximum absolute atomic E-state index is 11.5. The molecule has 0 spiro atoms. The van der Waals surface area contributed by atoms with Gasteiger partial charge >= 0.3 is 0 Å². The molecule has 0 atom stereocenters. The third-order valence-electron chi connectivity index (χ3n) is 1.99. The zero-order valence-corrected chi connectivity index (χ0v) is 11.2. The fourth-order valence-electron chi connectivity index (χ4n) is 1.32. The van der Waals surface area contributed by atoms with E-state index in [2.05, 4.69) is 21.2 Å². The van der Waals surface area contributed by atoms with Gasteiger partial charge in [-0.15, -0.1) is 0 Å². The molecule has 0 unspecified atom stereocenters. The molecule has 0 heterocycles. The molecule has 0 aliphatic rings. The van der Waals surface area contributed by atoms with Gasteiger partial charge in [-0.05, 0) is 31.5 Å². The molecule has 0 saturated carbocycles. The monoisotopic (exact) mass is 284 g/mol. The van der Waals surface area contributed by atoms with Crippen molar-refractivity contribution in [2.45, 2.75) is 32.4 Å². The lowest BCUT2D eigenvalue weighted by molar-refractivity contribution is -0.122. The molecule has 0 fully saturated rings. The molecule has 1 amide bonds. The average molecular weight is 285 g/mol. The molecule has 1 rings (SSSR count). The highest BCUT2D eigenvalue weighted by atomic mass is 79.9. The standard InChI is InChI=1S/C12H17BrN2O/c1-12(2,14)7-11(16)15-8-9-4-3-5-10(13)6-9/h3-6H,7-8,14H2,1-2H3,(H,15,16). The molecule has 16 heavy (non-hydrogen) atoms. The van der Waals surface area contributed by atoms with Gasteiger partial charge in [0.25, 0.3) is 0 Å². The summed E-state index contributed by atoms with van der Waals surface area (Å²) >= 11 is 3.39. The van der Waals surface area contributed by atoms with Crippen molar-refractivity contribution in [2.24, 2.45) is 5.73 Å². The zero-order chi connectivity index (χ0) is 12.2. The third-order valence-corrected chi connectivity index (χ3v) is 2.49. The molecule has 0 aliphatic carbocycles. The van der Waals surface area contributed by atoms with E-state index in [1.165, 1.54) is 0 Å². The number of hydrogen-bond acceptors (Lipinski definition) is 2. The molecule has 3 N–H and O–H groups in total. The van der Waals surface area contributed by atoms with Gasteiger partial charge < -0.3 is 11.1 Å². The third kappa shape index (κ3) is 5.28. The summed E-state index contributed by atoms with van der Waals surface area (Å²) in [6, 6.07) is 7.85. The lowest BCUT2D eigenvalue weighted by Crippen LogP contribution is -2.38. The number of carbonyl (C=O) groups excluding carboxylic acids is 1. The molecule has 0 aromatic heterocycles. The Labute approximate surface area is 105 Å². The Morgan fingerprint density at radius 2 is 2.19 bits per heavy atom. The Hall–Kier alpha value is -0.870. The second kappa shape index (κ2) is 5.46. The van der Waals surface area contributed by atoms with Crippen LogP contribution in [0.3, 0.4) is 0 Å². The topological polar surface area (TPSA) is 55.1 Å². The van der Waals surface area contributed by atoms with Crippen LogP contribution < -0.4 is 11.1 Å². The molecule has 3 nitrogen and oxygen atoms in total. The minimum Gasteiger partial charge on any atom is -0.352 e. The van der Waals surface area contributed by atoms with E-state index in [0.717, 1.165) is 10.0 Å². The van der Waals surface area contributed by atoms with Gasteiger partial charge in [0.05, 0.1) is 0 Å². The number of hydrogen-bond donors (Lipinski definition) is 2. The highest BCUT2D eigenvalue weighted by Gasteiger charge is 2.15. The van der Waals surface area contributed by atoms with Gasteiger partial charge in [0, 0.05) is 23.0 Å². The summed E-state index contributed by atoms with van der Waals surface area (Å²) in [7, 11) is 0. The molecular weight excluding hydrogens is 268 g/mol. The lowest BCUT2D eigenvalue weighted by atomic mass is 10.0. The molecule has 1 aromatic carbocycles. The van der Waals surface area contributed by atoms with E-state index in [1.54, 1.807) is 0 Å². The van der Waals surface area contributed by atoms with Gasteiger partial charge in [0.15, 0.2) is 0 Å². The minimum atomic E-state index is -0.457. The summed E-state index contributed by atoms with van der Waals surface area (Å²) < 4.78 is 1.01. The van der Waals surface area contributed by atoms with E-state index in [9.17, 15) is 4.79 Å². The summed E-state index contributed by atoms with van der Waals surface area (Å²) in [5, 5.41) is 2.84. The van der Waals surface area contributed by atoms with Gasteiger partial charge in [-0.2, -0.15) is 0 Å². The fourth-order valence-corrected chi connectivity index (χ4v) is 1.77. The van der Waals surface area contributed by atoms with Crippen LogP contribution in [0.4, 0.5) is 0 Å². The van der Waals surface area contributed by atoms with Crippen LogP contribution in [0.15, 0.2) is 28.7 Å². The van der Waals surface area contributed by atoms with Crippen LogP contribution in [-0.4, -0.2) is 11.4 Å². The highest BCUT2D eigenvalue weighted by molar-refractivity contribution is 9.10. The van der Waals surface area contributed by atoms with Crippen molar-refractivity contribution < 1.29 is 4.79 Å². The van der Waals surface area contributed by atoms with Crippen molar-refractivity contribution >= 4 is 21.8 Å². The Bertz CT molecular complexity index is 372. The van der Waals surface area contributed by atoms with E-state index in [-0.39, 0.29) is 5.91 Å². The van der Waals surface area contributed by atoms with Crippen molar-refractivity contribution in [2.75, 3.05) is 0 Å². The number of amides is 1. The molecule has 88 valence electrons. The van der Waals surface area contributed by atoms with Crippen molar-refractivity contribution in [1.82, 2.24) is 5.32 Å². The molecule has 0 saturated heterocycles. The van der Waals surface area contributed by atoms with Gasteiger partial charge in [0.2, 0.25) is 5.91 Å². The summed E-state index contributed by atoms with van der Waals surface area (Å²) in [6.07, 6.45) is 0.334. The van der Waals surface area contributed by atoms with Crippen molar-refractivity contribution in [3.05, 3.63) is 34.3 Å². The number of carbonyl (C=O) groups is 1. The van der Waals surface area contributed by atoms with Crippen LogP contribution in [0.2, 0.25) is 0 Å². The molecule has 0 radical (unpaired) electrons. The van der Waals surface area contributed by atoms with E-state index in [0.29, 0.717) is 13.0 Å². The normalized spacial score (nSPS) is 11.2. The Morgan fingerprint density at radius 1 is 1.50 bits per heavy atom. The Kier molecular flexibility index (Phi) is 4.50. The zero-order valence-electron chi connectivity index (χ0n) is 9.59. The first-order valence-corrected chi connectivity index (χ1v) is 5.96. The van der Waals surface area contributed by atoms with Crippen LogP contribution in [-0.2, 0) is 11.3 Å². The van der Waals surface area contributed by atoms with Crippen molar-refractivity contribution in [3.8, 4) is 0 Å². The second-order valence-corrected chi connectivity index (χ2v) is 5.49. The van der Waals surface area contributed by atoms with Crippen LogP contribution in [0.25, 0.3) is 0 Å². The number of halogens is 1. The number of nitrogens with two attached hydrogens (primary N) is 1. The first kappa shape index (κ1) is 13.2. The largest absolute Gasteiger partial charge is 0.352 e. The predicted molar refractivity (Wildman–Crippen MR) is 68.9 cm³/mol. The summed E-state index contributed by atoms with van der Waals surface area (Å²) in [6.45, 7) is 4.21. The summed E-state index contributed by atoms with van der Waals surface area (Å²) in [5.41, 5.74) is 6.37. The van der Waals surface area contributed by atoms with Gasteiger partial charge in [-0.1, -0.05) is 28.1 Å². The molecule has 1 aromatic rings. The molecule has 4 heteroatoms. The lowest BCUT2D eigenvalue weighted by Gasteiger charge is -2.17. The second-order valence-electron chi connectivity index (χ2n) is 4.57. The van der Waals surface area contributed by atoms with E-state index < -0.39 is 5.54 Å². The minimum absolute atomic E-state index is 0.0209. The van der Waals surface area contributed by atoms with Gasteiger partial charge in [-0.25, -0.2) is 0 Å². The quantitative estimate of drug-likeness (QED) is 0.891. The van der Waals surface area contributed by atoms with Gasteiger partial charge in [0.1, 0.15) is 0 Å². The number of benzene rings is 1. The predicted octanol–water partition coefficient (Wildman–Crippen LogP) is 2.19. The van der Waals surface area contributed by atoms with Crippen LogP contribution >= 0.6 is 15.9 Å². The highest BCUT2D eigenvalue weighted by Crippen LogP contribution is 2.11. The fraction of sp³-hybridized carbons (Fsp3) is 0.417. The summed E-state index contributed by atoms with van der Waals surface area (Å²) in [5.74, 6) is -0.0209. The van der Waals surface area contributed by atoms with E-state index in [4.69, 9.17) is 5.73 Å². The maximum Gasteiger partial charge on any atom is 0.222 e. The Morgan fingerprint density at radius 3 is 2.75 bits per heavy atom. The number of nitrogens with one attached hydrogen (secondary N) is 1. The first-order valence-electron chi connectivity index (χ1n) is 5.17. The molecular formula is C12H17BrN2O. The number of rotatable bonds is 4. The smallest absolute Gasteiger partial charge is 0.222 e. The molecule has 0 aliphatic heterocycles. The van der Waals surface area contributed by atoms with Crippen LogP contribution in [0.5, 0.6) is 0 Å². The van der Waals surface area contributed by atoms with Crippen molar-refractivity contribution in [1.29, 1.82) is 0 Å². The Balaban J connectivity index is 2.43. The first-order chi connectivity index (χ1) is 7.37. The maximum atomic E-state index is 11.5. The van der Waals surface area contributed by atoms with Crippen LogP contribution in [0.1, 0.15) is 25.8 Å². The van der Waals surface area contributed by atoms with Crippen LogP contribution in [0, 0.1) is 0 Å². The van der Waals surface area contributed by atoms with Gasteiger partial charge in [-0.3, -0.25) is 4.79 Å². The van der Waals surface area contributed by atoms with E-state index in [1.807, 2.05) is 38.1 Å². The SMILES string of the molecule is CC(C)(N)CC(=O)NCc1cccc(Br)c1. The van der Waals surface area contributed by atoms with E-state index >= 15 is 0 Å². The van der Waals surface area contributed by atoms with Crippen molar-refractivity contribution in [3.63, 3.8) is 0 Å². The average Bonchev–Trinajstić information content (AvgIpc) is 2.12. The molecule has 0 bridgehead atoms. The summed E-state index contributed by atoms with van der Waals surface area (Å²) in [4.78, 5) is 11.5.